The molecule has 1 heterocycles. The summed E-state index contributed by atoms with van der Waals surface area (Å²) in [5.74, 6) is 2.23. The molecule has 0 amide bonds. The molecule has 0 bridgehead atoms. The fourth-order valence-corrected chi connectivity index (χ4v) is 8.78. The van der Waals surface area contributed by atoms with Gasteiger partial charge < -0.3 is 14.9 Å². The zero-order valence-electron chi connectivity index (χ0n) is 19.3. The second-order valence-electron chi connectivity index (χ2n) is 11.6. The maximum atomic E-state index is 12.2. The zero-order valence-corrected chi connectivity index (χ0v) is 19.3. The Balaban J connectivity index is 1.41. The van der Waals surface area contributed by atoms with Crippen molar-refractivity contribution in [2.24, 2.45) is 35.5 Å². The van der Waals surface area contributed by atoms with E-state index in [4.69, 9.17) is 4.74 Å². The topological polar surface area (TPSA) is 83.8 Å². The van der Waals surface area contributed by atoms with Crippen LogP contribution in [-0.4, -0.2) is 40.3 Å². The highest BCUT2D eigenvalue weighted by Gasteiger charge is 2.57. The number of fused-ring (bicyclic) bond motifs is 6. The number of carboxylic acid groups (broad SMARTS) is 1. The van der Waals surface area contributed by atoms with E-state index >= 15 is 0 Å². The Morgan fingerprint density at radius 3 is 2.27 bits per heavy atom. The van der Waals surface area contributed by atoms with E-state index in [0.717, 1.165) is 56.9 Å². The highest BCUT2D eigenvalue weighted by atomic mass is 16.5. The lowest BCUT2D eigenvalue weighted by molar-refractivity contribution is -0.218. The first-order valence-corrected chi connectivity index (χ1v) is 13.2. The lowest BCUT2D eigenvalue weighted by Gasteiger charge is -2.59. The molecule has 0 radical (unpaired) electrons. The van der Waals surface area contributed by atoms with Crippen molar-refractivity contribution in [2.45, 2.75) is 88.4 Å². The molecule has 33 heavy (non-hydrogen) atoms. The monoisotopic (exact) mass is 452 g/mol. The van der Waals surface area contributed by atoms with Crippen molar-refractivity contribution in [1.82, 2.24) is 0 Å². The molecule has 5 heteroatoms. The predicted molar refractivity (Wildman–Crippen MR) is 123 cm³/mol. The number of carboxylic acids is 1. The SMILES string of the molecule is O=C1CCC2C(CCC3C2OC2C4CCC(O)CC4CCC2C3c2ccccc2C(=O)O)C1. The van der Waals surface area contributed by atoms with Crippen LogP contribution in [0.5, 0.6) is 0 Å². The van der Waals surface area contributed by atoms with E-state index in [1.165, 1.54) is 0 Å². The summed E-state index contributed by atoms with van der Waals surface area (Å²) in [6, 6.07) is 7.66. The van der Waals surface area contributed by atoms with Crippen LogP contribution in [0.15, 0.2) is 24.3 Å². The van der Waals surface area contributed by atoms with Crippen molar-refractivity contribution < 1.29 is 24.5 Å². The van der Waals surface area contributed by atoms with Gasteiger partial charge in [-0.3, -0.25) is 4.79 Å². The molecule has 5 nitrogen and oxygen atoms in total. The minimum absolute atomic E-state index is 0.121. The van der Waals surface area contributed by atoms with Gasteiger partial charge in [-0.05, 0) is 104 Å². The second-order valence-corrected chi connectivity index (χ2v) is 11.6. The molecule has 6 rings (SSSR count). The first-order chi connectivity index (χ1) is 16.0. The molecule has 178 valence electrons. The average molecular weight is 453 g/mol. The van der Waals surface area contributed by atoms with E-state index in [-0.39, 0.29) is 24.2 Å². The van der Waals surface area contributed by atoms with Crippen LogP contribution >= 0.6 is 0 Å². The summed E-state index contributed by atoms with van der Waals surface area (Å²) in [5, 5.41) is 20.3. The van der Waals surface area contributed by atoms with Crippen molar-refractivity contribution >= 4 is 11.8 Å². The van der Waals surface area contributed by atoms with Gasteiger partial charge in [0.15, 0.2) is 0 Å². The summed E-state index contributed by atoms with van der Waals surface area (Å²) in [5.41, 5.74) is 1.45. The fourth-order valence-electron chi connectivity index (χ4n) is 8.78. The Labute approximate surface area is 195 Å². The average Bonchev–Trinajstić information content (AvgIpc) is 2.82. The molecule has 10 atom stereocenters. The number of aliphatic hydroxyl groups is 1. The first kappa shape index (κ1) is 21.8. The van der Waals surface area contributed by atoms with Crippen molar-refractivity contribution in [3.8, 4) is 0 Å². The van der Waals surface area contributed by atoms with Crippen LogP contribution in [0.1, 0.15) is 86.0 Å². The van der Waals surface area contributed by atoms with Crippen LogP contribution in [0.25, 0.3) is 0 Å². The summed E-state index contributed by atoms with van der Waals surface area (Å²) in [7, 11) is 0. The van der Waals surface area contributed by atoms with Gasteiger partial charge in [-0.2, -0.15) is 0 Å². The number of ether oxygens (including phenoxy) is 1. The third-order valence-corrected chi connectivity index (χ3v) is 10.1. The van der Waals surface area contributed by atoms with Crippen LogP contribution in [0.3, 0.4) is 0 Å². The minimum Gasteiger partial charge on any atom is -0.478 e. The number of aromatic carboxylic acids is 1. The van der Waals surface area contributed by atoms with Crippen LogP contribution in [0, 0.1) is 35.5 Å². The molecule has 4 saturated carbocycles. The van der Waals surface area contributed by atoms with Crippen molar-refractivity contribution in [3.63, 3.8) is 0 Å². The lowest BCUT2D eigenvalue weighted by atomic mass is 9.53. The van der Waals surface area contributed by atoms with Gasteiger partial charge in [-0.1, -0.05) is 18.2 Å². The lowest BCUT2D eigenvalue weighted by Crippen LogP contribution is -2.58. The Hall–Kier alpha value is -1.72. The number of aliphatic hydroxyl groups excluding tert-OH is 1. The molecule has 1 aromatic rings. The van der Waals surface area contributed by atoms with E-state index in [1.54, 1.807) is 6.07 Å². The Morgan fingerprint density at radius 2 is 1.52 bits per heavy atom. The number of benzene rings is 1. The predicted octanol–water partition coefficient (Wildman–Crippen LogP) is 4.82. The molecule has 5 fully saturated rings. The maximum absolute atomic E-state index is 12.2. The summed E-state index contributed by atoms with van der Waals surface area (Å²) in [6.07, 6.45) is 9.31. The third kappa shape index (κ3) is 3.67. The highest BCUT2D eigenvalue weighted by Crippen LogP contribution is 2.59. The van der Waals surface area contributed by atoms with Crippen molar-refractivity contribution in [2.75, 3.05) is 0 Å². The molecule has 2 N–H and O–H groups in total. The smallest absolute Gasteiger partial charge is 0.335 e. The van der Waals surface area contributed by atoms with Gasteiger partial charge in [0.2, 0.25) is 0 Å². The quantitative estimate of drug-likeness (QED) is 0.672. The van der Waals surface area contributed by atoms with E-state index in [1.807, 2.05) is 12.1 Å². The Morgan fingerprint density at radius 1 is 0.848 bits per heavy atom. The van der Waals surface area contributed by atoms with Gasteiger partial charge >= 0.3 is 5.97 Å². The van der Waals surface area contributed by atoms with Gasteiger partial charge in [0.1, 0.15) is 5.78 Å². The second kappa shape index (κ2) is 8.49. The summed E-state index contributed by atoms with van der Waals surface area (Å²) >= 11 is 0. The molecule has 1 aliphatic heterocycles. The molecule has 1 aromatic carbocycles. The Bertz CT molecular complexity index is 927. The maximum Gasteiger partial charge on any atom is 0.335 e. The van der Waals surface area contributed by atoms with Crippen LogP contribution < -0.4 is 0 Å². The van der Waals surface area contributed by atoms with Crippen LogP contribution in [-0.2, 0) is 9.53 Å². The highest BCUT2D eigenvalue weighted by molar-refractivity contribution is 5.89. The number of ketones is 1. The number of carbonyl (C=O) groups is 2. The molecule has 0 spiro atoms. The summed E-state index contributed by atoms with van der Waals surface area (Å²) in [6.45, 7) is 0. The largest absolute Gasteiger partial charge is 0.478 e. The fraction of sp³-hybridized carbons (Fsp3) is 0.714. The van der Waals surface area contributed by atoms with Gasteiger partial charge in [-0.25, -0.2) is 4.79 Å². The van der Waals surface area contributed by atoms with Gasteiger partial charge in [0.05, 0.1) is 23.9 Å². The number of hydrogen-bond acceptors (Lipinski definition) is 4. The third-order valence-electron chi connectivity index (χ3n) is 10.1. The minimum atomic E-state index is -0.836. The van der Waals surface area contributed by atoms with Gasteiger partial charge in [0.25, 0.3) is 0 Å². The number of Topliss-reactive ketones (excluding diaryl/α,β-unsaturated/α-hetero) is 1. The van der Waals surface area contributed by atoms with Crippen LogP contribution in [0.4, 0.5) is 0 Å². The summed E-state index contributed by atoms with van der Waals surface area (Å²) < 4.78 is 7.12. The Kier molecular flexibility index (Phi) is 5.61. The molecular formula is C28H36O5. The van der Waals surface area contributed by atoms with E-state index < -0.39 is 5.97 Å². The first-order valence-electron chi connectivity index (χ1n) is 13.2. The van der Waals surface area contributed by atoms with E-state index in [9.17, 15) is 19.8 Å². The van der Waals surface area contributed by atoms with Crippen LogP contribution in [0.2, 0.25) is 0 Å². The normalized spacial score (nSPS) is 44.7. The van der Waals surface area contributed by atoms with E-state index in [0.29, 0.717) is 59.7 Å². The number of hydrogen-bond donors (Lipinski definition) is 2. The molecule has 5 aliphatic rings. The number of rotatable bonds is 2. The molecule has 4 aliphatic carbocycles. The van der Waals surface area contributed by atoms with Crippen molar-refractivity contribution in [1.29, 1.82) is 0 Å². The van der Waals surface area contributed by atoms with E-state index in [2.05, 4.69) is 6.07 Å². The zero-order chi connectivity index (χ0) is 22.7. The van der Waals surface area contributed by atoms with Gasteiger partial charge in [-0.15, -0.1) is 0 Å². The summed E-state index contributed by atoms with van der Waals surface area (Å²) in [4.78, 5) is 24.4. The molecule has 0 aromatic heterocycles. The molecule has 10 unspecified atom stereocenters. The van der Waals surface area contributed by atoms with Crippen molar-refractivity contribution in [3.05, 3.63) is 35.4 Å². The standard InChI is InChI=1S/C28H36O5/c29-17-7-11-19-15(13-17)5-9-23-25(21-3-1-2-4-22(21)28(31)32)24-10-6-16-14-18(30)8-12-20(16)27(24)33-26(19)23/h1-4,15-17,19-20,23-27,29H,5-14H2,(H,31,32). The molecule has 1 saturated heterocycles. The van der Waals surface area contributed by atoms with Gasteiger partial charge in [0, 0.05) is 12.8 Å². The molecular weight excluding hydrogens is 416 g/mol. The number of carbonyl (C=O) groups excluding carboxylic acids is 1.